The zero-order valence-corrected chi connectivity index (χ0v) is 15.2. The highest BCUT2D eigenvalue weighted by molar-refractivity contribution is 6.30. The second-order valence-electron chi connectivity index (χ2n) is 5.58. The summed E-state index contributed by atoms with van der Waals surface area (Å²) in [5.41, 5.74) is 1.81. The molecule has 5 nitrogen and oxygen atoms in total. The summed E-state index contributed by atoms with van der Waals surface area (Å²) >= 11 is 0. The first kappa shape index (κ1) is 18.4. The standard InChI is InChI=1S/C20H23NO4/c1-21(2)13-16(14-9-7-6-8-10-14)18(22)15-11-12-17(23-3)20(25-5)19(15)24-4/h6-13H,1-5H3/b16-13+. The quantitative estimate of drug-likeness (QED) is 0.570. The van der Waals surface area contributed by atoms with E-state index in [4.69, 9.17) is 14.2 Å². The van der Waals surface area contributed by atoms with Gasteiger partial charge in [-0.15, -0.1) is 0 Å². The molecule has 0 unspecified atom stereocenters. The maximum atomic E-state index is 13.3. The van der Waals surface area contributed by atoms with Gasteiger partial charge in [0.2, 0.25) is 5.75 Å². The van der Waals surface area contributed by atoms with Crippen molar-refractivity contribution in [1.82, 2.24) is 4.90 Å². The van der Waals surface area contributed by atoms with Gasteiger partial charge in [-0.25, -0.2) is 0 Å². The van der Waals surface area contributed by atoms with Crippen molar-refractivity contribution >= 4 is 11.4 Å². The van der Waals surface area contributed by atoms with Gasteiger partial charge in [0.1, 0.15) is 0 Å². The van der Waals surface area contributed by atoms with Gasteiger partial charge in [0, 0.05) is 25.9 Å². The van der Waals surface area contributed by atoms with Gasteiger partial charge in [-0.3, -0.25) is 4.79 Å². The van der Waals surface area contributed by atoms with Crippen LogP contribution in [0.15, 0.2) is 48.7 Å². The molecule has 5 heteroatoms. The molecule has 0 bridgehead atoms. The van der Waals surface area contributed by atoms with Crippen molar-refractivity contribution in [1.29, 1.82) is 0 Å². The van der Waals surface area contributed by atoms with E-state index in [2.05, 4.69) is 0 Å². The van der Waals surface area contributed by atoms with E-state index in [9.17, 15) is 4.79 Å². The molecule has 2 aromatic rings. The molecule has 0 atom stereocenters. The van der Waals surface area contributed by atoms with Crippen molar-refractivity contribution in [2.45, 2.75) is 0 Å². The molecule has 0 aliphatic rings. The highest BCUT2D eigenvalue weighted by Gasteiger charge is 2.24. The topological polar surface area (TPSA) is 48.0 Å². The fourth-order valence-corrected chi connectivity index (χ4v) is 2.57. The predicted molar refractivity (Wildman–Crippen MR) is 98.5 cm³/mol. The fourth-order valence-electron chi connectivity index (χ4n) is 2.57. The van der Waals surface area contributed by atoms with Crippen molar-refractivity contribution in [3.8, 4) is 17.2 Å². The van der Waals surface area contributed by atoms with Crippen LogP contribution in [0.1, 0.15) is 15.9 Å². The molecule has 0 aromatic heterocycles. The van der Waals surface area contributed by atoms with Crippen LogP contribution in [0.2, 0.25) is 0 Å². The molecule has 0 saturated heterocycles. The van der Waals surface area contributed by atoms with Crippen molar-refractivity contribution in [2.24, 2.45) is 0 Å². The van der Waals surface area contributed by atoms with Crippen molar-refractivity contribution in [2.75, 3.05) is 35.4 Å². The molecule has 25 heavy (non-hydrogen) atoms. The molecule has 0 spiro atoms. The molecule has 132 valence electrons. The zero-order valence-electron chi connectivity index (χ0n) is 15.2. The van der Waals surface area contributed by atoms with E-state index in [0.717, 1.165) is 5.56 Å². The minimum absolute atomic E-state index is 0.155. The third-order valence-electron chi connectivity index (χ3n) is 3.67. The number of ether oxygens (including phenoxy) is 3. The molecule has 2 rings (SSSR count). The number of ketones is 1. The number of hydrogen-bond donors (Lipinski definition) is 0. The lowest BCUT2D eigenvalue weighted by molar-refractivity contribution is 0.105. The van der Waals surface area contributed by atoms with Gasteiger partial charge in [-0.1, -0.05) is 30.3 Å². The lowest BCUT2D eigenvalue weighted by Gasteiger charge is -2.17. The molecule has 0 fully saturated rings. The number of hydrogen-bond acceptors (Lipinski definition) is 5. The number of methoxy groups -OCH3 is 3. The summed E-state index contributed by atoms with van der Waals surface area (Å²) < 4.78 is 16.1. The molecular formula is C20H23NO4. The highest BCUT2D eigenvalue weighted by atomic mass is 16.5. The maximum Gasteiger partial charge on any atom is 0.204 e. The minimum Gasteiger partial charge on any atom is -0.493 e. The van der Waals surface area contributed by atoms with Gasteiger partial charge < -0.3 is 19.1 Å². The maximum absolute atomic E-state index is 13.3. The number of benzene rings is 2. The van der Waals surface area contributed by atoms with Crippen LogP contribution in [0.4, 0.5) is 0 Å². The van der Waals surface area contributed by atoms with E-state index in [1.54, 1.807) is 25.4 Å². The molecule has 0 aliphatic carbocycles. The monoisotopic (exact) mass is 341 g/mol. The third-order valence-corrected chi connectivity index (χ3v) is 3.67. The lowest BCUT2D eigenvalue weighted by Crippen LogP contribution is -2.11. The SMILES string of the molecule is COc1ccc(C(=O)/C(=C/N(C)C)c2ccccc2)c(OC)c1OC. The summed E-state index contributed by atoms with van der Waals surface area (Å²) in [5.74, 6) is 1.10. The fraction of sp³-hybridized carbons (Fsp3) is 0.250. The Morgan fingerprint density at radius 3 is 2.04 bits per heavy atom. The Morgan fingerprint density at radius 2 is 1.52 bits per heavy atom. The number of allylic oxidation sites excluding steroid dienone is 1. The van der Waals surface area contributed by atoms with Crippen LogP contribution in [0, 0.1) is 0 Å². The van der Waals surface area contributed by atoms with Crippen molar-refractivity contribution in [3.05, 3.63) is 59.8 Å². The first-order valence-electron chi connectivity index (χ1n) is 7.80. The second-order valence-corrected chi connectivity index (χ2v) is 5.58. The van der Waals surface area contributed by atoms with Gasteiger partial charge in [-0.2, -0.15) is 0 Å². The van der Waals surface area contributed by atoms with Crippen LogP contribution in [-0.2, 0) is 0 Å². The van der Waals surface area contributed by atoms with Crippen LogP contribution < -0.4 is 14.2 Å². The van der Waals surface area contributed by atoms with Crippen LogP contribution in [0.5, 0.6) is 17.2 Å². The zero-order chi connectivity index (χ0) is 18.4. The molecular weight excluding hydrogens is 318 g/mol. The van der Waals surface area contributed by atoms with E-state index in [0.29, 0.717) is 28.4 Å². The number of carbonyl (C=O) groups excluding carboxylic acids is 1. The van der Waals surface area contributed by atoms with E-state index in [1.165, 1.54) is 14.2 Å². The Kier molecular flexibility index (Phi) is 6.06. The first-order valence-corrected chi connectivity index (χ1v) is 7.80. The predicted octanol–water partition coefficient (Wildman–Crippen LogP) is 3.50. The van der Waals surface area contributed by atoms with Gasteiger partial charge in [0.05, 0.1) is 26.9 Å². The molecule has 2 aromatic carbocycles. The first-order chi connectivity index (χ1) is 12.0. The normalized spacial score (nSPS) is 11.0. The molecule has 0 radical (unpaired) electrons. The Morgan fingerprint density at radius 1 is 0.880 bits per heavy atom. The Hall–Kier alpha value is -2.95. The molecule has 0 amide bonds. The smallest absolute Gasteiger partial charge is 0.204 e. The van der Waals surface area contributed by atoms with Gasteiger partial charge in [0.25, 0.3) is 0 Å². The summed E-state index contributed by atoms with van der Waals surface area (Å²) in [7, 11) is 8.32. The Balaban J connectivity index is 2.61. The Bertz CT molecular complexity index is 767. The molecule has 0 aliphatic heterocycles. The summed E-state index contributed by atoms with van der Waals surface area (Å²) in [4.78, 5) is 15.1. The van der Waals surface area contributed by atoms with Crippen LogP contribution in [0.3, 0.4) is 0 Å². The summed E-state index contributed by atoms with van der Waals surface area (Å²) in [6, 6.07) is 12.9. The summed E-state index contributed by atoms with van der Waals surface area (Å²) in [6.45, 7) is 0. The third kappa shape index (κ3) is 3.94. The molecule has 0 heterocycles. The van der Waals surface area contributed by atoms with E-state index >= 15 is 0 Å². The lowest BCUT2D eigenvalue weighted by atomic mass is 9.96. The van der Waals surface area contributed by atoms with Gasteiger partial charge in [0.15, 0.2) is 17.3 Å². The van der Waals surface area contributed by atoms with E-state index in [-0.39, 0.29) is 5.78 Å². The van der Waals surface area contributed by atoms with Gasteiger partial charge in [-0.05, 0) is 17.7 Å². The number of Topliss-reactive ketones (excluding diaryl/α,β-unsaturated/α-hetero) is 1. The summed E-state index contributed by atoms with van der Waals surface area (Å²) in [5, 5.41) is 0. The van der Waals surface area contributed by atoms with Crippen LogP contribution >= 0.6 is 0 Å². The molecule has 0 saturated carbocycles. The van der Waals surface area contributed by atoms with Crippen LogP contribution in [-0.4, -0.2) is 46.1 Å². The van der Waals surface area contributed by atoms with Gasteiger partial charge >= 0.3 is 0 Å². The average molecular weight is 341 g/mol. The van der Waals surface area contributed by atoms with E-state index in [1.807, 2.05) is 49.3 Å². The second kappa shape index (κ2) is 8.24. The van der Waals surface area contributed by atoms with Crippen LogP contribution in [0.25, 0.3) is 5.57 Å². The van der Waals surface area contributed by atoms with Crippen molar-refractivity contribution in [3.63, 3.8) is 0 Å². The highest BCUT2D eigenvalue weighted by Crippen LogP contribution is 2.41. The number of nitrogens with zero attached hydrogens (tertiary/aromatic N) is 1. The molecule has 0 N–H and O–H groups in total. The number of rotatable bonds is 7. The largest absolute Gasteiger partial charge is 0.493 e. The number of carbonyl (C=O) groups is 1. The Labute approximate surface area is 148 Å². The van der Waals surface area contributed by atoms with Crippen molar-refractivity contribution < 1.29 is 19.0 Å². The summed E-state index contributed by atoms with van der Waals surface area (Å²) in [6.07, 6.45) is 1.80. The minimum atomic E-state index is -0.155. The van der Waals surface area contributed by atoms with E-state index < -0.39 is 0 Å². The average Bonchev–Trinajstić information content (AvgIpc) is 2.64.